The second-order valence-corrected chi connectivity index (χ2v) is 4.89. The molecule has 5 nitrogen and oxygen atoms in total. The minimum Gasteiger partial charge on any atom is -0.497 e. The Labute approximate surface area is 123 Å². The Balaban J connectivity index is 2.15. The number of halogens is 1. The summed E-state index contributed by atoms with van der Waals surface area (Å²) in [7, 11) is 1.61. The number of furan rings is 1. The van der Waals surface area contributed by atoms with Gasteiger partial charge < -0.3 is 19.4 Å². The van der Waals surface area contributed by atoms with Crippen LogP contribution in [0.15, 0.2) is 50.0 Å². The van der Waals surface area contributed by atoms with Crippen LogP contribution < -0.4 is 10.5 Å². The van der Waals surface area contributed by atoms with Crippen LogP contribution in [0.25, 0.3) is 22.6 Å². The van der Waals surface area contributed by atoms with E-state index in [1.54, 1.807) is 19.2 Å². The number of ether oxygens (including phenoxy) is 1. The van der Waals surface area contributed by atoms with E-state index in [2.05, 4.69) is 21.1 Å². The van der Waals surface area contributed by atoms with Gasteiger partial charge in [-0.2, -0.15) is 0 Å². The summed E-state index contributed by atoms with van der Waals surface area (Å²) in [6, 6.07) is 11.1. The SMILES string of the molecule is COc1cccc(-c2c(-c3ccc(Br)o3)noc2N)c1. The standard InChI is InChI=1S/C14H11BrN2O3/c1-18-9-4-2-3-8(7-9)12-13(17-20-14(12)16)10-5-6-11(15)19-10/h2-7H,16H2,1H3. The lowest BCUT2D eigenvalue weighted by atomic mass is 10.0. The molecule has 0 saturated heterocycles. The fourth-order valence-electron chi connectivity index (χ4n) is 1.97. The van der Waals surface area contributed by atoms with Crippen molar-refractivity contribution in [2.24, 2.45) is 0 Å². The lowest BCUT2D eigenvalue weighted by molar-refractivity contribution is 0.415. The predicted octanol–water partition coefficient (Wildman–Crippen LogP) is 3.95. The summed E-state index contributed by atoms with van der Waals surface area (Å²) in [6.07, 6.45) is 0. The van der Waals surface area contributed by atoms with Crippen LogP contribution in [0.1, 0.15) is 0 Å². The molecule has 0 fully saturated rings. The molecule has 0 spiro atoms. The average molecular weight is 335 g/mol. The topological polar surface area (TPSA) is 74.4 Å². The molecule has 3 rings (SSSR count). The van der Waals surface area contributed by atoms with Gasteiger partial charge in [-0.05, 0) is 45.8 Å². The Morgan fingerprint density at radius 3 is 2.80 bits per heavy atom. The van der Waals surface area contributed by atoms with Gasteiger partial charge in [0, 0.05) is 0 Å². The summed E-state index contributed by atoms with van der Waals surface area (Å²) in [6.45, 7) is 0. The van der Waals surface area contributed by atoms with Crippen molar-refractivity contribution in [2.75, 3.05) is 12.8 Å². The lowest BCUT2D eigenvalue weighted by Gasteiger charge is -2.04. The second-order valence-electron chi connectivity index (χ2n) is 4.11. The first-order valence-corrected chi connectivity index (χ1v) is 6.63. The number of aromatic nitrogens is 1. The highest BCUT2D eigenvalue weighted by Crippen LogP contribution is 2.38. The minimum absolute atomic E-state index is 0.237. The fourth-order valence-corrected chi connectivity index (χ4v) is 2.28. The number of methoxy groups -OCH3 is 1. The van der Waals surface area contributed by atoms with E-state index in [0.29, 0.717) is 21.7 Å². The Hall–Kier alpha value is -2.21. The van der Waals surface area contributed by atoms with E-state index in [4.69, 9.17) is 19.4 Å². The van der Waals surface area contributed by atoms with E-state index in [-0.39, 0.29) is 5.88 Å². The van der Waals surface area contributed by atoms with Crippen molar-refractivity contribution in [1.29, 1.82) is 0 Å². The summed E-state index contributed by atoms with van der Waals surface area (Å²) in [4.78, 5) is 0. The summed E-state index contributed by atoms with van der Waals surface area (Å²) < 4.78 is 16.4. The summed E-state index contributed by atoms with van der Waals surface area (Å²) in [5.74, 6) is 1.55. The highest BCUT2D eigenvalue weighted by Gasteiger charge is 2.20. The van der Waals surface area contributed by atoms with Crippen molar-refractivity contribution in [3.8, 4) is 28.3 Å². The number of anilines is 1. The van der Waals surface area contributed by atoms with Gasteiger partial charge in [0.2, 0.25) is 5.88 Å². The molecule has 1 aromatic carbocycles. The van der Waals surface area contributed by atoms with Crippen molar-refractivity contribution in [3.05, 3.63) is 41.1 Å². The Morgan fingerprint density at radius 2 is 2.10 bits per heavy atom. The maximum absolute atomic E-state index is 5.89. The van der Waals surface area contributed by atoms with Crippen molar-refractivity contribution in [1.82, 2.24) is 5.16 Å². The van der Waals surface area contributed by atoms with Gasteiger partial charge >= 0.3 is 0 Å². The average Bonchev–Trinajstić information content (AvgIpc) is 3.05. The predicted molar refractivity (Wildman–Crippen MR) is 78.3 cm³/mol. The molecule has 2 aromatic heterocycles. The molecule has 0 aliphatic heterocycles. The first-order valence-electron chi connectivity index (χ1n) is 5.84. The molecular formula is C14H11BrN2O3. The Kier molecular flexibility index (Phi) is 3.23. The number of nitrogens with two attached hydrogens (primary N) is 1. The van der Waals surface area contributed by atoms with Crippen LogP contribution in [0.5, 0.6) is 5.75 Å². The molecule has 2 N–H and O–H groups in total. The number of nitrogens with zero attached hydrogens (tertiary/aromatic N) is 1. The molecule has 20 heavy (non-hydrogen) atoms. The molecule has 0 unspecified atom stereocenters. The van der Waals surface area contributed by atoms with E-state index >= 15 is 0 Å². The van der Waals surface area contributed by atoms with E-state index in [0.717, 1.165) is 11.3 Å². The number of hydrogen-bond donors (Lipinski definition) is 1. The first kappa shape index (κ1) is 12.8. The van der Waals surface area contributed by atoms with Crippen LogP contribution in [0.3, 0.4) is 0 Å². The van der Waals surface area contributed by atoms with Gasteiger partial charge in [0.15, 0.2) is 16.1 Å². The zero-order chi connectivity index (χ0) is 14.1. The summed E-state index contributed by atoms with van der Waals surface area (Å²) >= 11 is 3.26. The molecule has 102 valence electrons. The van der Waals surface area contributed by atoms with Gasteiger partial charge in [0.05, 0.1) is 12.7 Å². The maximum atomic E-state index is 5.89. The molecular weight excluding hydrogens is 324 g/mol. The van der Waals surface area contributed by atoms with Crippen molar-refractivity contribution in [3.63, 3.8) is 0 Å². The molecule has 2 heterocycles. The maximum Gasteiger partial charge on any atom is 0.230 e. The first-order chi connectivity index (χ1) is 9.69. The van der Waals surface area contributed by atoms with E-state index < -0.39 is 0 Å². The third-order valence-corrected chi connectivity index (χ3v) is 3.31. The monoisotopic (exact) mass is 334 g/mol. The van der Waals surface area contributed by atoms with Gasteiger partial charge in [-0.3, -0.25) is 0 Å². The van der Waals surface area contributed by atoms with Crippen molar-refractivity contribution < 1.29 is 13.7 Å². The third kappa shape index (κ3) is 2.18. The van der Waals surface area contributed by atoms with Crippen LogP contribution >= 0.6 is 15.9 Å². The van der Waals surface area contributed by atoms with Crippen LogP contribution in [0.4, 0.5) is 5.88 Å². The van der Waals surface area contributed by atoms with Crippen LogP contribution in [-0.4, -0.2) is 12.3 Å². The number of rotatable bonds is 3. The van der Waals surface area contributed by atoms with Gasteiger partial charge in [-0.15, -0.1) is 0 Å². The molecule has 0 amide bonds. The molecule has 6 heteroatoms. The molecule has 0 bridgehead atoms. The quantitative estimate of drug-likeness (QED) is 0.784. The molecule has 0 atom stereocenters. The zero-order valence-electron chi connectivity index (χ0n) is 10.6. The van der Waals surface area contributed by atoms with Crippen molar-refractivity contribution in [2.45, 2.75) is 0 Å². The smallest absolute Gasteiger partial charge is 0.230 e. The molecule has 0 aliphatic carbocycles. The fraction of sp³-hybridized carbons (Fsp3) is 0.0714. The van der Waals surface area contributed by atoms with Crippen LogP contribution in [0, 0.1) is 0 Å². The summed E-state index contributed by atoms with van der Waals surface area (Å²) in [5.41, 5.74) is 7.98. The third-order valence-electron chi connectivity index (χ3n) is 2.88. The van der Waals surface area contributed by atoms with Gasteiger partial charge in [0.1, 0.15) is 5.75 Å². The Bertz CT molecular complexity index is 748. The molecule has 0 saturated carbocycles. The Morgan fingerprint density at radius 1 is 1.25 bits per heavy atom. The number of nitrogen functional groups attached to an aromatic ring is 1. The molecule has 0 radical (unpaired) electrons. The lowest BCUT2D eigenvalue weighted by Crippen LogP contribution is -1.88. The van der Waals surface area contributed by atoms with Gasteiger partial charge in [-0.1, -0.05) is 17.3 Å². The minimum atomic E-state index is 0.237. The molecule has 3 aromatic rings. The molecule has 0 aliphatic rings. The normalized spacial score (nSPS) is 10.7. The van der Waals surface area contributed by atoms with Crippen LogP contribution in [-0.2, 0) is 0 Å². The van der Waals surface area contributed by atoms with E-state index in [1.807, 2.05) is 24.3 Å². The zero-order valence-corrected chi connectivity index (χ0v) is 12.2. The van der Waals surface area contributed by atoms with Gasteiger partial charge in [-0.25, -0.2) is 0 Å². The second kappa shape index (κ2) is 5.05. The highest BCUT2D eigenvalue weighted by atomic mass is 79.9. The van der Waals surface area contributed by atoms with E-state index in [1.165, 1.54) is 0 Å². The van der Waals surface area contributed by atoms with Crippen molar-refractivity contribution >= 4 is 21.8 Å². The number of hydrogen-bond acceptors (Lipinski definition) is 5. The van der Waals surface area contributed by atoms with Crippen LogP contribution in [0.2, 0.25) is 0 Å². The highest BCUT2D eigenvalue weighted by molar-refractivity contribution is 9.10. The van der Waals surface area contributed by atoms with E-state index in [9.17, 15) is 0 Å². The van der Waals surface area contributed by atoms with Gasteiger partial charge in [0.25, 0.3) is 0 Å². The number of benzene rings is 1. The summed E-state index contributed by atoms with van der Waals surface area (Å²) in [5, 5.41) is 3.98. The largest absolute Gasteiger partial charge is 0.497 e.